The molecule has 1 heterocycles. The van der Waals surface area contributed by atoms with Gasteiger partial charge in [-0.05, 0) is 50.2 Å². The van der Waals surface area contributed by atoms with Gasteiger partial charge in [0.25, 0.3) is 0 Å². The first-order valence-corrected chi connectivity index (χ1v) is 9.56. The molecular weight excluding hydrogens is 370 g/mol. The lowest BCUT2D eigenvalue weighted by atomic mass is 10.1. The Morgan fingerprint density at radius 1 is 1.07 bits per heavy atom. The van der Waals surface area contributed by atoms with E-state index in [1.54, 1.807) is 21.1 Å². The number of hydrogen-bond acceptors (Lipinski definition) is 6. The van der Waals surface area contributed by atoms with Crippen molar-refractivity contribution >= 4 is 16.9 Å². The van der Waals surface area contributed by atoms with Gasteiger partial charge in [0.1, 0.15) is 5.58 Å². The van der Waals surface area contributed by atoms with Crippen LogP contribution in [0.25, 0.3) is 11.0 Å². The second kappa shape index (κ2) is 9.01. The molecule has 0 saturated heterocycles. The van der Waals surface area contributed by atoms with E-state index in [0.29, 0.717) is 36.8 Å². The molecule has 0 radical (unpaired) electrons. The molecule has 0 fully saturated rings. The number of rotatable bonds is 8. The zero-order valence-corrected chi connectivity index (χ0v) is 17.6. The predicted molar refractivity (Wildman–Crippen MR) is 112 cm³/mol. The van der Waals surface area contributed by atoms with E-state index in [2.05, 4.69) is 4.90 Å². The molecule has 0 aliphatic heterocycles. The SMILES string of the molecule is CCOC(=O)c1oc2ccccc2c1CN(C)Cc1cc(OC)c(OC)cc1C. The van der Waals surface area contributed by atoms with Crippen LogP contribution in [0.4, 0.5) is 0 Å². The number of fused-ring (bicyclic) bond motifs is 1. The number of para-hydroxylation sites is 1. The first kappa shape index (κ1) is 20.7. The summed E-state index contributed by atoms with van der Waals surface area (Å²) in [4.78, 5) is 14.6. The second-order valence-corrected chi connectivity index (χ2v) is 6.93. The van der Waals surface area contributed by atoms with E-state index in [9.17, 15) is 4.79 Å². The number of methoxy groups -OCH3 is 2. The van der Waals surface area contributed by atoms with Gasteiger partial charge in [0.05, 0.1) is 20.8 Å². The van der Waals surface area contributed by atoms with Crippen LogP contribution < -0.4 is 9.47 Å². The van der Waals surface area contributed by atoms with Crippen molar-refractivity contribution < 1.29 is 23.4 Å². The van der Waals surface area contributed by atoms with E-state index in [4.69, 9.17) is 18.6 Å². The Bertz CT molecular complexity index is 1010. The Balaban J connectivity index is 1.89. The molecular formula is C23H27NO5. The van der Waals surface area contributed by atoms with Crippen LogP contribution in [-0.4, -0.2) is 38.7 Å². The predicted octanol–water partition coefficient (Wildman–Crippen LogP) is 4.57. The third kappa shape index (κ3) is 4.38. The Hall–Kier alpha value is -2.99. The summed E-state index contributed by atoms with van der Waals surface area (Å²) in [5.41, 5.74) is 3.74. The summed E-state index contributed by atoms with van der Waals surface area (Å²) in [5.74, 6) is 1.24. The van der Waals surface area contributed by atoms with Gasteiger partial charge in [-0.2, -0.15) is 0 Å². The van der Waals surface area contributed by atoms with Crippen molar-refractivity contribution in [3.63, 3.8) is 0 Å². The number of furan rings is 1. The number of carbonyl (C=O) groups is 1. The summed E-state index contributed by atoms with van der Waals surface area (Å²) in [6.07, 6.45) is 0. The molecule has 0 bridgehead atoms. The molecule has 0 unspecified atom stereocenters. The monoisotopic (exact) mass is 397 g/mol. The van der Waals surface area contributed by atoms with Crippen LogP contribution in [0.1, 0.15) is 34.2 Å². The number of benzene rings is 2. The Morgan fingerprint density at radius 2 is 1.76 bits per heavy atom. The number of nitrogens with zero attached hydrogens (tertiary/aromatic N) is 1. The molecule has 29 heavy (non-hydrogen) atoms. The first-order chi connectivity index (χ1) is 14.0. The van der Waals surface area contributed by atoms with E-state index in [1.807, 2.05) is 50.4 Å². The van der Waals surface area contributed by atoms with Gasteiger partial charge in [-0.25, -0.2) is 4.79 Å². The molecule has 0 spiro atoms. The van der Waals surface area contributed by atoms with E-state index < -0.39 is 5.97 Å². The average Bonchev–Trinajstić information content (AvgIpc) is 3.08. The van der Waals surface area contributed by atoms with E-state index in [0.717, 1.165) is 22.1 Å². The minimum atomic E-state index is -0.436. The van der Waals surface area contributed by atoms with Gasteiger partial charge in [0.2, 0.25) is 5.76 Å². The molecule has 0 aliphatic rings. The minimum Gasteiger partial charge on any atom is -0.493 e. The standard InChI is InChI=1S/C23H27NO5/c1-6-28-23(25)22-18(17-9-7-8-10-19(17)29-22)14-24(3)13-16-12-21(27-5)20(26-4)11-15(16)2/h7-12H,6,13-14H2,1-5H3. The van der Waals surface area contributed by atoms with Crippen LogP contribution in [0.15, 0.2) is 40.8 Å². The second-order valence-electron chi connectivity index (χ2n) is 6.93. The van der Waals surface area contributed by atoms with Crippen LogP contribution >= 0.6 is 0 Å². The van der Waals surface area contributed by atoms with Gasteiger partial charge in [-0.15, -0.1) is 0 Å². The van der Waals surface area contributed by atoms with Crippen molar-refractivity contribution in [3.05, 3.63) is 58.8 Å². The van der Waals surface area contributed by atoms with Crippen molar-refractivity contribution in [2.75, 3.05) is 27.9 Å². The Morgan fingerprint density at radius 3 is 2.45 bits per heavy atom. The summed E-state index contributed by atoms with van der Waals surface area (Å²) in [7, 11) is 5.26. The van der Waals surface area contributed by atoms with Crippen LogP contribution in [0, 0.1) is 6.92 Å². The van der Waals surface area contributed by atoms with E-state index in [1.165, 1.54) is 0 Å². The fourth-order valence-electron chi connectivity index (χ4n) is 3.43. The lowest BCUT2D eigenvalue weighted by molar-refractivity contribution is 0.0489. The average molecular weight is 397 g/mol. The maximum atomic E-state index is 12.4. The van der Waals surface area contributed by atoms with Gasteiger partial charge in [0.15, 0.2) is 11.5 Å². The highest BCUT2D eigenvalue weighted by atomic mass is 16.5. The fourth-order valence-corrected chi connectivity index (χ4v) is 3.43. The van der Waals surface area contributed by atoms with Crippen LogP contribution in [0.5, 0.6) is 11.5 Å². The summed E-state index contributed by atoms with van der Waals surface area (Å²) >= 11 is 0. The highest BCUT2D eigenvalue weighted by Crippen LogP contribution is 2.32. The van der Waals surface area contributed by atoms with Gasteiger partial charge >= 0.3 is 5.97 Å². The lowest BCUT2D eigenvalue weighted by Crippen LogP contribution is -2.19. The molecule has 3 rings (SSSR count). The highest BCUT2D eigenvalue weighted by molar-refractivity contribution is 5.96. The topological polar surface area (TPSA) is 61.1 Å². The quantitative estimate of drug-likeness (QED) is 0.519. The number of esters is 1. The summed E-state index contributed by atoms with van der Waals surface area (Å²) in [5, 5.41) is 0.923. The molecule has 154 valence electrons. The lowest BCUT2D eigenvalue weighted by Gasteiger charge is -2.19. The molecule has 0 N–H and O–H groups in total. The first-order valence-electron chi connectivity index (χ1n) is 9.56. The van der Waals surface area contributed by atoms with Crippen molar-refractivity contribution in [1.29, 1.82) is 0 Å². The summed E-state index contributed by atoms with van der Waals surface area (Å²) in [6.45, 7) is 5.34. The van der Waals surface area contributed by atoms with Gasteiger partial charge in [-0.1, -0.05) is 18.2 Å². The fraction of sp³-hybridized carbons (Fsp3) is 0.348. The number of hydrogen-bond donors (Lipinski definition) is 0. The van der Waals surface area contributed by atoms with Crippen LogP contribution in [0.2, 0.25) is 0 Å². The molecule has 3 aromatic rings. The van der Waals surface area contributed by atoms with Crippen molar-refractivity contribution in [2.24, 2.45) is 0 Å². The number of aryl methyl sites for hydroxylation is 1. The molecule has 6 nitrogen and oxygen atoms in total. The molecule has 0 atom stereocenters. The molecule has 2 aromatic carbocycles. The third-order valence-electron chi connectivity index (χ3n) is 4.87. The maximum absolute atomic E-state index is 12.4. The van der Waals surface area contributed by atoms with Crippen molar-refractivity contribution in [2.45, 2.75) is 26.9 Å². The Kier molecular flexibility index (Phi) is 6.44. The molecule has 0 aliphatic carbocycles. The number of carbonyl (C=O) groups excluding carboxylic acids is 1. The molecule has 1 aromatic heterocycles. The largest absolute Gasteiger partial charge is 0.493 e. The zero-order valence-electron chi connectivity index (χ0n) is 17.6. The van der Waals surface area contributed by atoms with E-state index in [-0.39, 0.29) is 5.76 Å². The van der Waals surface area contributed by atoms with Gasteiger partial charge < -0.3 is 18.6 Å². The van der Waals surface area contributed by atoms with Gasteiger partial charge in [0, 0.05) is 24.0 Å². The molecule has 0 saturated carbocycles. The zero-order chi connectivity index (χ0) is 21.0. The minimum absolute atomic E-state index is 0.268. The smallest absolute Gasteiger partial charge is 0.374 e. The summed E-state index contributed by atoms with van der Waals surface area (Å²) in [6, 6.07) is 11.6. The normalized spacial score (nSPS) is 11.1. The Labute approximate surface area is 171 Å². The molecule has 6 heteroatoms. The van der Waals surface area contributed by atoms with Crippen molar-refractivity contribution in [1.82, 2.24) is 4.90 Å². The highest BCUT2D eigenvalue weighted by Gasteiger charge is 2.23. The molecule has 0 amide bonds. The van der Waals surface area contributed by atoms with Gasteiger partial charge in [-0.3, -0.25) is 4.90 Å². The number of ether oxygens (including phenoxy) is 3. The van der Waals surface area contributed by atoms with Crippen LogP contribution in [-0.2, 0) is 17.8 Å². The third-order valence-corrected chi connectivity index (χ3v) is 4.87. The van der Waals surface area contributed by atoms with Crippen LogP contribution in [0.3, 0.4) is 0 Å². The van der Waals surface area contributed by atoms with E-state index >= 15 is 0 Å². The maximum Gasteiger partial charge on any atom is 0.374 e. The van der Waals surface area contributed by atoms with Crippen molar-refractivity contribution in [3.8, 4) is 11.5 Å². The summed E-state index contributed by atoms with van der Waals surface area (Å²) < 4.78 is 21.8.